The number of methoxy groups -OCH3 is 1. The molecule has 2 aromatic rings. The van der Waals surface area contributed by atoms with Crippen LogP contribution in [0.25, 0.3) is 6.08 Å². The molecule has 156 valence electrons. The molecule has 0 saturated carbocycles. The maximum Gasteiger partial charge on any atom is 0.285 e. The Morgan fingerprint density at radius 3 is 2.37 bits per heavy atom. The van der Waals surface area contributed by atoms with E-state index in [0.717, 1.165) is 28.1 Å². The highest BCUT2D eigenvalue weighted by molar-refractivity contribution is 8.26. The number of hydrazine groups is 1. The van der Waals surface area contributed by atoms with E-state index in [-0.39, 0.29) is 10.2 Å². The van der Waals surface area contributed by atoms with E-state index < -0.39 is 5.91 Å². The lowest BCUT2D eigenvalue weighted by Gasteiger charge is -2.15. The zero-order valence-electron chi connectivity index (χ0n) is 16.9. The van der Waals surface area contributed by atoms with Gasteiger partial charge in [-0.2, -0.15) is 5.01 Å². The van der Waals surface area contributed by atoms with Crippen molar-refractivity contribution in [1.82, 2.24) is 10.4 Å². The molecule has 1 aliphatic rings. The second-order valence-corrected chi connectivity index (χ2v) is 8.64. The van der Waals surface area contributed by atoms with Crippen molar-refractivity contribution in [2.24, 2.45) is 5.92 Å². The first-order valence-electron chi connectivity index (χ1n) is 9.33. The number of amides is 2. The number of ether oxygens (including phenoxy) is 2. The number of carbonyl (C=O) groups is 2. The van der Waals surface area contributed by atoms with Crippen molar-refractivity contribution in [2.75, 3.05) is 13.7 Å². The number of hydrogen-bond acceptors (Lipinski definition) is 6. The molecule has 0 radical (unpaired) electrons. The second kappa shape index (κ2) is 9.77. The fourth-order valence-electron chi connectivity index (χ4n) is 2.55. The van der Waals surface area contributed by atoms with E-state index in [2.05, 4.69) is 19.3 Å². The Labute approximate surface area is 185 Å². The Hall–Kier alpha value is -2.84. The van der Waals surface area contributed by atoms with Crippen molar-refractivity contribution < 1.29 is 19.1 Å². The van der Waals surface area contributed by atoms with Crippen molar-refractivity contribution in [3.63, 3.8) is 0 Å². The third-order valence-corrected chi connectivity index (χ3v) is 5.42. The van der Waals surface area contributed by atoms with Gasteiger partial charge in [-0.1, -0.05) is 37.7 Å². The monoisotopic (exact) mass is 442 g/mol. The van der Waals surface area contributed by atoms with Gasteiger partial charge >= 0.3 is 0 Å². The fraction of sp³-hybridized carbons (Fsp3) is 0.227. The van der Waals surface area contributed by atoms with E-state index in [4.69, 9.17) is 21.7 Å². The standard InChI is InChI=1S/C22H22N2O4S2/c1-14(2)13-28-18-8-4-15(5-9-18)12-19-21(26)24(22(29)30-19)23-20(25)16-6-10-17(27-3)11-7-16/h4-12,14H,13H2,1-3H3,(H,23,25). The predicted octanol–water partition coefficient (Wildman–Crippen LogP) is 4.28. The summed E-state index contributed by atoms with van der Waals surface area (Å²) in [5.41, 5.74) is 3.80. The summed E-state index contributed by atoms with van der Waals surface area (Å²) in [5, 5.41) is 1.10. The summed E-state index contributed by atoms with van der Waals surface area (Å²) >= 11 is 6.41. The number of hydrogen-bond donors (Lipinski definition) is 1. The molecule has 1 aliphatic heterocycles. The fourth-order valence-corrected chi connectivity index (χ4v) is 3.73. The Kier molecular flexibility index (Phi) is 7.12. The van der Waals surface area contributed by atoms with Gasteiger partial charge in [-0.05, 0) is 66.2 Å². The molecule has 1 heterocycles. The van der Waals surface area contributed by atoms with E-state index in [0.29, 0.717) is 28.7 Å². The van der Waals surface area contributed by atoms with Crippen molar-refractivity contribution in [1.29, 1.82) is 0 Å². The summed E-state index contributed by atoms with van der Waals surface area (Å²) in [7, 11) is 1.55. The highest BCUT2D eigenvalue weighted by atomic mass is 32.2. The van der Waals surface area contributed by atoms with E-state index in [1.807, 2.05) is 24.3 Å². The molecule has 30 heavy (non-hydrogen) atoms. The van der Waals surface area contributed by atoms with Crippen LogP contribution >= 0.6 is 24.0 Å². The van der Waals surface area contributed by atoms with E-state index in [1.54, 1.807) is 37.5 Å². The lowest BCUT2D eigenvalue weighted by Crippen LogP contribution is -2.44. The summed E-state index contributed by atoms with van der Waals surface area (Å²) in [6.45, 7) is 4.82. The van der Waals surface area contributed by atoms with Crippen LogP contribution in [0.15, 0.2) is 53.4 Å². The van der Waals surface area contributed by atoms with Crippen LogP contribution in [-0.2, 0) is 4.79 Å². The molecular formula is C22H22N2O4S2. The van der Waals surface area contributed by atoms with Gasteiger partial charge in [0.15, 0.2) is 4.32 Å². The quantitative estimate of drug-likeness (QED) is 0.510. The van der Waals surface area contributed by atoms with Gasteiger partial charge in [0.05, 0.1) is 18.6 Å². The molecule has 0 unspecified atom stereocenters. The Balaban J connectivity index is 1.67. The molecule has 1 N–H and O–H groups in total. The van der Waals surface area contributed by atoms with E-state index >= 15 is 0 Å². The molecule has 0 aromatic heterocycles. The minimum Gasteiger partial charge on any atom is -0.497 e. The van der Waals surface area contributed by atoms with Gasteiger partial charge in [0, 0.05) is 5.56 Å². The number of nitrogens with one attached hydrogen (secondary N) is 1. The first-order valence-corrected chi connectivity index (χ1v) is 10.6. The summed E-state index contributed by atoms with van der Waals surface area (Å²) < 4.78 is 11.0. The number of carbonyl (C=O) groups excluding carboxylic acids is 2. The van der Waals surface area contributed by atoms with E-state index in [1.165, 1.54) is 0 Å². The highest BCUT2D eigenvalue weighted by Gasteiger charge is 2.33. The van der Waals surface area contributed by atoms with Gasteiger partial charge in [0.2, 0.25) is 0 Å². The van der Waals surface area contributed by atoms with Crippen molar-refractivity contribution >= 4 is 46.2 Å². The minimum atomic E-state index is -0.429. The average molecular weight is 443 g/mol. The SMILES string of the molecule is COc1ccc(C(=O)NN2C(=O)C(=Cc3ccc(OCC(C)C)cc3)SC2=S)cc1. The molecule has 3 rings (SSSR count). The number of rotatable bonds is 7. The molecular weight excluding hydrogens is 420 g/mol. The van der Waals surface area contributed by atoms with Crippen LogP contribution < -0.4 is 14.9 Å². The van der Waals surface area contributed by atoms with Gasteiger partial charge in [0.25, 0.3) is 11.8 Å². The number of benzene rings is 2. The first kappa shape index (κ1) is 21.9. The van der Waals surface area contributed by atoms with Crippen LogP contribution in [0.1, 0.15) is 29.8 Å². The Morgan fingerprint density at radius 1 is 1.13 bits per heavy atom. The van der Waals surface area contributed by atoms with Crippen LogP contribution in [0, 0.1) is 5.92 Å². The topological polar surface area (TPSA) is 67.9 Å². The van der Waals surface area contributed by atoms with Crippen LogP contribution in [0.4, 0.5) is 0 Å². The molecule has 2 aromatic carbocycles. The predicted molar refractivity (Wildman–Crippen MR) is 122 cm³/mol. The van der Waals surface area contributed by atoms with Gasteiger partial charge < -0.3 is 9.47 Å². The molecule has 0 bridgehead atoms. The van der Waals surface area contributed by atoms with Crippen LogP contribution in [0.3, 0.4) is 0 Å². The zero-order valence-corrected chi connectivity index (χ0v) is 18.5. The van der Waals surface area contributed by atoms with Gasteiger partial charge in [-0.3, -0.25) is 15.0 Å². The zero-order chi connectivity index (χ0) is 21.7. The molecule has 6 nitrogen and oxygen atoms in total. The van der Waals surface area contributed by atoms with Gasteiger partial charge in [0.1, 0.15) is 11.5 Å². The van der Waals surface area contributed by atoms with Crippen LogP contribution in [-0.4, -0.2) is 34.9 Å². The lowest BCUT2D eigenvalue weighted by atomic mass is 10.2. The van der Waals surface area contributed by atoms with Crippen LogP contribution in [0.2, 0.25) is 0 Å². The number of thiocarbonyl (C=S) groups is 1. The maximum atomic E-state index is 12.7. The van der Waals surface area contributed by atoms with Crippen molar-refractivity contribution in [3.8, 4) is 11.5 Å². The molecule has 0 aliphatic carbocycles. The summed E-state index contributed by atoms with van der Waals surface area (Å²) in [5.74, 6) is 1.06. The second-order valence-electron chi connectivity index (χ2n) is 6.96. The summed E-state index contributed by atoms with van der Waals surface area (Å²) in [4.78, 5) is 25.6. The van der Waals surface area contributed by atoms with Crippen LogP contribution in [0.5, 0.6) is 11.5 Å². The Morgan fingerprint density at radius 2 is 1.77 bits per heavy atom. The number of thioether (sulfide) groups is 1. The summed E-state index contributed by atoms with van der Waals surface area (Å²) in [6, 6.07) is 14.0. The third-order valence-electron chi connectivity index (χ3n) is 4.12. The average Bonchev–Trinajstić information content (AvgIpc) is 3.00. The molecule has 0 spiro atoms. The highest BCUT2D eigenvalue weighted by Crippen LogP contribution is 2.31. The summed E-state index contributed by atoms with van der Waals surface area (Å²) in [6.07, 6.45) is 1.74. The van der Waals surface area contributed by atoms with Gasteiger partial charge in [-0.15, -0.1) is 0 Å². The normalized spacial score (nSPS) is 15.1. The first-order chi connectivity index (χ1) is 14.4. The van der Waals surface area contributed by atoms with E-state index in [9.17, 15) is 9.59 Å². The Bertz CT molecular complexity index is 970. The number of nitrogens with zero attached hydrogens (tertiary/aromatic N) is 1. The molecule has 2 amide bonds. The lowest BCUT2D eigenvalue weighted by molar-refractivity contribution is -0.123. The maximum absolute atomic E-state index is 12.7. The largest absolute Gasteiger partial charge is 0.497 e. The van der Waals surface area contributed by atoms with Crippen molar-refractivity contribution in [3.05, 3.63) is 64.6 Å². The smallest absolute Gasteiger partial charge is 0.285 e. The minimum absolute atomic E-state index is 0.269. The molecule has 8 heteroatoms. The van der Waals surface area contributed by atoms with Gasteiger partial charge in [-0.25, -0.2) is 0 Å². The van der Waals surface area contributed by atoms with Crippen molar-refractivity contribution in [2.45, 2.75) is 13.8 Å². The molecule has 1 fully saturated rings. The molecule has 0 atom stereocenters. The molecule has 1 saturated heterocycles. The third kappa shape index (κ3) is 5.40.